The predicted molar refractivity (Wildman–Crippen MR) is 129 cm³/mol. The Kier molecular flexibility index (Phi) is 6.58. The van der Waals surface area contributed by atoms with Crippen LogP contribution >= 0.6 is 23.2 Å². The molecule has 2 amide bonds. The number of amides is 2. The average molecular weight is 466 g/mol. The second-order valence-electron chi connectivity index (χ2n) is 7.69. The smallest absolute Gasteiger partial charge is 0.257 e. The maximum absolute atomic E-state index is 12.5. The normalized spacial score (nSPS) is 17.5. The van der Waals surface area contributed by atoms with Crippen LogP contribution in [0.15, 0.2) is 77.9 Å². The first kappa shape index (κ1) is 22.1. The monoisotopic (exact) mass is 465 g/mol. The molecule has 2 atom stereocenters. The van der Waals surface area contributed by atoms with Crippen molar-refractivity contribution in [1.29, 1.82) is 0 Å². The lowest BCUT2D eigenvalue weighted by molar-refractivity contribution is -0.122. The third kappa shape index (κ3) is 5.18. The Labute approximate surface area is 196 Å². The van der Waals surface area contributed by atoms with Crippen LogP contribution in [0.2, 0.25) is 10.0 Å². The van der Waals surface area contributed by atoms with Crippen LogP contribution in [0, 0.1) is 5.92 Å². The van der Waals surface area contributed by atoms with E-state index in [2.05, 4.69) is 15.8 Å². The van der Waals surface area contributed by atoms with Gasteiger partial charge in [0.2, 0.25) is 5.91 Å². The van der Waals surface area contributed by atoms with Crippen LogP contribution in [0.25, 0.3) is 0 Å². The minimum absolute atomic E-state index is 0.0521. The molecule has 1 aliphatic carbocycles. The average Bonchev–Trinajstić information content (AvgIpc) is 3.59. The SMILES string of the molecule is CC(=NNC(=O)C1CC1c1ccccc1)c1cccc(NC(=O)c2ccc(Cl)cc2Cl)c1. The summed E-state index contributed by atoms with van der Waals surface area (Å²) >= 11 is 12.0. The van der Waals surface area contributed by atoms with Gasteiger partial charge in [-0.1, -0.05) is 65.7 Å². The minimum Gasteiger partial charge on any atom is -0.322 e. The lowest BCUT2D eigenvalue weighted by atomic mass is 10.1. The molecule has 5 nitrogen and oxygen atoms in total. The van der Waals surface area contributed by atoms with E-state index in [0.29, 0.717) is 22.0 Å². The summed E-state index contributed by atoms with van der Waals surface area (Å²) in [6, 6.07) is 22.0. The molecule has 1 fully saturated rings. The largest absolute Gasteiger partial charge is 0.322 e. The summed E-state index contributed by atoms with van der Waals surface area (Å²) in [5.41, 5.74) is 6.18. The van der Waals surface area contributed by atoms with Crippen molar-refractivity contribution in [2.45, 2.75) is 19.3 Å². The van der Waals surface area contributed by atoms with E-state index in [9.17, 15) is 9.59 Å². The van der Waals surface area contributed by atoms with E-state index in [0.717, 1.165) is 12.0 Å². The second-order valence-corrected chi connectivity index (χ2v) is 8.54. The summed E-state index contributed by atoms with van der Waals surface area (Å²) in [5.74, 6) is -0.221. The fourth-order valence-electron chi connectivity index (χ4n) is 3.53. The molecule has 1 aliphatic rings. The Hall–Kier alpha value is -3.15. The number of nitrogens with one attached hydrogen (secondary N) is 2. The first-order valence-electron chi connectivity index (χ1n) is 10.2. The van der Waals surface area contributed by atoms with Gasteiger partial charge < -0.3 is 5.32 Å². The number of hydrogen-bond acceptors (Lipinski definition) is 3. The number of carbonyl (C=O) groups is 2. The fraction of sp³-hybridized carbons (Fsp3) is 0.160. The molecule has 7 heteroatoms. The lowest BCUT2D eigenvalue weighted by Crippen LogP contribution is -2.21. The van der Waals surface area contributed by atoms with Gasteiger partial charge in [-0.3, -0.25) is 9.59 Å². The molecular weight excluding hydrogens is 445 g/mol. The van der Waals surface area contributed by atoms with Crippen molar-refractivity contribution in [3.63, 3.8) is 0 Å². The molecule has 3 aromatic carbocycles. The number of rotatable bonds is 6. The van der Waals surface area contributed by atoms with E-state index in [-0.39, 0.29) is 28.7 Å². The molecule has 1 saturated carbocycles. The highest BCUT2D eigenvalue weighted by Crippen LogP contribution is 2.47. The third-order valence-corrected chi connectivity index (χ3v) is 5.95. The molecule has 0 bridgehead atoms. The van der Waals surface area contributed by atoms with Crippen molar-refractivity contribution < 1.29 is 9.59 Å². The molecule has 0 heterocycles. The topological polar surface area (TPSA) is 70.6 Å². The summed E-state index contributed by atoms with van der Waals surface area (Å²) in [6.45, 7) is 1.80. The van der Waals surface area contributed by atoms with Crippen LogP contribution in [-0.4, -0.2) is 17.5 Å². The number of halogens is 2. The van der Waals surface area contributed by atoms with Crippen molar-refractivity contribution in [2.24, 2.45) is 11.0 Å². The van der Waals surface area contributed by atoms with Gasteiger partial charge in [0.25, 0.3) is 5.91 Å². The molecule has 32 heavy (non-hydrogen) atoms. The highest BCUT2D eigenvalue weighted by molar-refractivity contribution is 6.37. The van der Waals surface area contributed by atoms with Crippen LogP contribution in [0.1, 0.15) is 40.7 Å². The molecular formula is C25H21Cl2N3O2. The molecule has 2 unspecified atom stereocenters. The van der Waals surface area contributed by atoms with Gasteiger partial charge in [0, 0.05) is 16.6 Å². The summed E-state index contributed by atoms with van der Waals surface area (Å²) in [6.07, 6.45) is 0.833. The Bertz CT molecular complexity index is 1190. The molecule has 3 aromatic rings. The summed E-state index contributed by atoms with van der Waals surface area (Å²) < 4.78 is 0. The summed E-state index contributed by atoms with van der Waals surface area (Å²) in [4.78, 5) is 25.0. The number of benzene rings is 3. The van der Waals surface area contributed by atoms with Gasteiger partial charge in [-0.25, -0.2) is 5.43 Å². The molecule has 0 saturated heterocycles. The van der Waals surface area contributed by atoms with Crippen molar-refractivity contribution in [3.05, 3.63) is 99.5 Å². The van der Waals surface area contributed by atoms with Gasteiger partial charge in [0.15, 0.2) is 0 Å². The highest BCUT2D eigenvalue weighted by atomic mass is 35.5. The van der Waals surface area contributed by atoms with Crippen molar-refractivity contribution >= 4 is 46.4 Å². The van der Waals surface area contributed by atoms with E-state index in [1.807, 2.05) is 42.5 Å². The Morgan fingerprint density at radius 3 is 2.50 bits per heavy atom. The van der Waals surface area contributed by atoms with E-state index in [4.69, 9.17) is 23.2 Å². The van der Waals surface area contributed by atoms with E-state index >= 15 is 0 Å². The Morgan fingerprint density at radius 1 is 0.969 bits per heavy atom. The van der Waals surface area contributed by atoms with Gasteiger partial charge in [-0.2, -0.15) is 5.10 Å². The van der Waals surface area contributed by atoms with E-state index < -0.39 is 0 Å². The van der Waals surface area contributed by atoms with Crippen molar-refractivity contribution in [3.8, 4) is 0 Å². The zero-order valence-corrected chi connectivity index (χ0v) is 18.8. The number of hydrazone groups is 1. The van der Waals surface area contributed by atoms with Crippen LogP contribution in [0.4, 0.5) is 5.69 Å². The van der Waals surface area contributed by atoms with Crippen LogP contribution < -0.4 is 10.7 Å². The number of hydrogen-bond donors (Lipinski definition) is 2. The van der Waals surface area contributed by atoms with E-state index in [1.165, 1.54) is 11.6 Å². The maximum atomic E-state index is 12.5. The van der Waals surface area contributed by atoms with Crippen LogP contribution in [-0.2, 0) is 4.79 Å². The molecule has 2 N–H and O–H groups in total. The molecule has 0 aliphatic heterocycles. The van der Waals surface area contributed by atoms with Crippen LogP contribution in [0.3, 0.4) is 0 Å². The molecule has 162 valence electrons. The zero-order chi connectivity index (χ0) is 22.7. The van der Waals surface area contributed by atoms with Gasteiger partial charge in [0.05, 0.1) is 16.3 Å². The van der Waals surface area contributed by atoms with Gasteiger partial charge in [0.1, 0.15) is 0 Å². The van der Waals surface area contributed by atoms with Gasteiger partial charge in [-0.15, -0.1) is 0 Å². The van der Waals surface area contributed by atoms with E-state index in [1.54, 1.807) is 31.2 Å². The molecule has 4 rings (SSSR count). The fourth-order valence-corrected chi connectivity index (χ4v) is 4.03. The standard InChI is InChI=1S/C25H21Cl2N3O2/c1-15(29-30-25(32)22-14-21(22)16-6-3-2-4-7-16)17-8-5-9-19(12-17)28-24(31)20-11-10-18(26)13-23(20)27/h2-13,21-22H,14H2,1H3,(H,28,31)(H,30,32). The van der Waals surface area contributed by atoms with Crippen LogP contribution in [0.5, 0.6) is 0 Å². The number of anilines is 1. The first-order chi connectivity index (χ1) is 15.4. The van der Waals surface area contributed by atoms with Crippen molar-refractivity contribution in [1.82, 2.24) is 5.43 Å². The molecule has 0 spiro atoms. The quantitative estimate of drug-likeness (QED) is 0.351. The third-order valence-electron chi connectivity index (χ3n) is 5.40. The number of carbonyl (C=O) groups excluding carboxylic acids is 2. The minimum atomic E-state index is -0.340. The Balaban J connectivity index is 1.38. The predicted octanol–water partition coefficient (Wildman–Crippen LogP) is 5.89. The maximum Gasteiger partial charge on any atom is 0.257 e. The zero-order valence-electron chi connectivity index (χ0n) is 17.3. The summed E-state index contributed by atoms with van der Waals surface area (Å²) in [7, 11) is 0. The first-order valence-corrected chi connectivity index (χ1v) is 10.9. The molecule has 0 aromatic heterocycles. The molecule has 0 radical (unpaired) electrons. The van der Waals surface area contributed by atoms with Crippen molar-refractivity contribution in [2.75, 3.05) is 5.32 Å². The summed E-state index contributed by atoms with van der Waals surface area (Å²) in [5, 5.41) is 7.82. The Morgan fingerprint density at radius 2 is 1.75 bits per heavy atom. The highest BCUT2D eigenvalue weighted by Gasteiger charge is 2.43. The van der Waals surface area contributed by atoms with Gasteiger partial charge in [-0.05, 0) is 60.7 Å². The van der Waals surface area contributed by atoms with Gasteiger partial charge >= 0.3 is 0 Å². The number of nitrogens with zero attached hydrogens (tertiary/aromatic N) is 1. The second kappa shape index (κ2) is 9.55. The lowest BCUT2D eigenvalue weighted by Gasteiger charge is -2.09.